The smallest absolute Gasteiger partial charge is 0.340 e. The Balaban J connectivity index is 2.31. The molecule has 0 fully saturated rings. The lowest BCUT2D eigenvalue weighted by Gasteiger charge is -2.26. The van der Waals surface area contributed by atoms with Crippen LogP contribution in [0.25, 0.3) is 0 Å². The number of carbonyl (C=O) groups excluding carboxylic acids is 1. The molecule has 0 aliphatic carbocycles. The van der Waals surface area contributed by atoms with E-state index in [9.17, 15) is 14.7 Å². The molecule has 0 bridgehead atoms. The Kier molecular flexibility index (Phi) is 4.52. The number of rotatable bonds is 3. The van der Waals surface area contributed by atoms with Crippen molar-refractivity contribution in [1.29, 1.82) is 0 Å². The maximum atomic E-state index is 12.3. The van der Waals surface area contributed by atoms with Crippen molar-refractivity contribution in [1.82, 2.24) is 0 Å². The van der Waals surface area contributed by atoms with E-state index < -0.39 is 23.9 Å². The van der Waals surface area contributed by atoms with Gasteiger partial charge in [-0.1, -0.05) is 23.7 Å². The average molecular weight is 364 g/mol. The molecule has 7 nitrogen and oxygen atoms in total. The number of hydrogen-bond acceptors (Lipinski definition) is 7. The molecule has 0 saturated carbocycles. The molecule has 25 heavy (non-hydrogen) atoms. The second kappa shape index (κ2) is 6.62. The Labute approximate surface area is 147 Å². The summed E-state index contributed by atoms with van der Waals surface area (Å²) in [6.45, 7) is -0.489. The first kappa shape index (κ1) is 17.1. The molecule has 0 radical (unpaired) electrons. The fraction of sp³-hybridized carbons (Fsp3) is 0.176. The summed E-state index contributed by atoms with van der Waals surface area (Å²) in [5.41, 5.74) is 5.88. The van der Waals surface area contributed by atoms with Crippen molar-refractivity contribution in [3.8, 4) is 5.75 Å². The molecule has 1 aromatic heterocycles. The predicted molar refractivity (Wildman–Crippen MR) is 88.1 cm³/mol. The van der Waals surface area contributed by atoms with Crippen molar-refractivity contribution in [3.05, 3.63) is 74.1 Å². The van der Waals surface area contributed by atoms with E-state index >= 15 is 0 Å². The molecule has 0 spiro atoms. The number of methoxy groups -OCH3 is 1. The molecule has 0 saturated heterocycles. The quantitative estimate of drug-likeness (QED) is 0.797. The largest absolute Gasteiger partial charge is 0.465 e. The maximum Gasteiger partial charge on any atom is 0.340 e. The van der Waals surface area contributed by atoms with Gasteiger partial charge in [-0.05, 0) is 17.7 Å². The summed E-state index contributed by atoms with van der Waals surface area (Å²) in [7, 11) is 1.20. The number of ether oxygens (including phenoxy) is 2. The Morgan fingerprint density at radius 2 is 2.16 bits per heavy atom. The van der Waals surface area contributed by atoms with Gasteiger partial charge in [0.1, 0.15) is 17.9 Å². The number of fused-ring (bicyclic) bond motifs is 1. The highest BCUT2D eigenvalue weighted by molar-refractivity contribution is 6.30. The van der Waals surface area contributed by atoms with Crippen molar-refractivity contribution < 1.29 is 23.8 Å². The fourth-order valence-corrected chi connectivity index (χ4v) is 2.89. The van der Waals surface area contributed by atoms with Gasteiger partial charge < -0.3 is 24.7 Å². The molecular formula is C17H14ClNO6. The van der Waals surface area contributed by atoms with E-state index in [2.05, 4.69) is 0 Å². The van der Waals surface area contributed by atoms with E-state index in [1.807, 2.05) is 0 Å². The third kappa shape index (κ3) is 2.99. The number of aliphatic hydroxyl groups excluding tert-OH is 1. The van der Waals surface area contributed by atoms with Gasteiger partial charge in [0.15, 0.2) is 5.76 Å². The minimum absolute atomic E-state index is 0.0180. The number of halogens is 1. The zero-order valence-corrected chi connectivity index (χ0v) is 13.9. The first-order valence-electron chi connectivity index (χ1n) is 7.25. The van der Waals surface area contributed by atoms with Crippen LogP contribution in [-0.2, 0) is 16.1 Å². The lowest BCUT2D eigenvalue weighted by Crippen LogP contribution is -2.29. The SMILES string of the molecule is COC(=O)C1=C(N)Oc2c(oc(CO)cc2=O)[C@H]1c1cccc(Cl)c1. The van der Waals surface area contributed by atoms with Crippen molar-refractivity contribution in [2.75, 3.05) is 7.11 Å². The van der Waals surface area contributed by atoms with Crippen LogP contribution in [0.4, 0.5) is 0 Å². The summed E-state index contributed by atoms with van der Waals surface area (Å²) in [4.78, 5) is 24.5. The molecule has 1 aromatic carbocycles. The third-order valence-corrected chi connectivity index (χ3v) is 3.99. The van der Waals surface area contributed by atoms with Gasteiger partial charge in [-0.15, -0.1) is 0 Å². The topological polar surface area (TPSA) is 112 Å². The van der Waals surface area contributed by atoms with E-state index in [1.165, 1.54) is 7.11 Å². The summed E-state index contributed by atoms with van der Waals surface area (Å²) in [6, 6.07) is 7.77. The van der Waals surface area contributed by atoms with Crippen LogP contribution in [0.3, 0.4) is 0 Å². The molecule has 3 N–H and O–H groups in total. The number of benzene rings is 1. The Hall–Kier alpha value is -2.77. The monoisotopic (exact) mass is 363 g/mol. The Morgan fingerprint density at radius 1 is 1.40 bits per heavy atom. The fourth-order valence-electron chi connectivity index (χ4n) is 2.69. The van der Waals surface area contributed by atoms with Crippen LogP contribution >= 0.6 is 11.6 Å². The highest BCUT2D eigenvalue weighted by Gasteiger charge is 2.39. The molecule has 0 amide bonds. The number of nitrogens with two attached hydrogens (primary N) is 1. The van der Waals surface area contributed by atoms with E-state index in [0.717, 1.165) is 6.07 Å². The zero-order valence-electron chi connectivity index (χ0n) is 13.1. The molecule has 0 unspecified atom stereocenters. The van der Waals surface area contributed by atoms with E-state index in [-0.39, 0.29) is 28.7 Å². The maximum absolute atomic E-state index is 12.3. The lowest BCUT2D eigenvalue weighted by atomic mass is 9.86. The minimum atomic E-state index is -0.867. The van der Waals surface area contributed by atoms with Gasteiger partial charge in [-0.3, -0.25) is 4.79 Å². The number of esters is 1. The number of aliphatic hydroxyl groups is 1. The van der Waals surface area contributed by atoms with Gasteiger partial charge in [-0.2, -0.15) is 0 Å². The highest BCUT2D eigenvalue weighted by atomic mass is 35.5. The van der Waals surface area contributed by atoms with Crippen molar-refractivity contribution >= 4 is 17.6 Å². The van der Waals surface area contributed by atoms with Crippen LogP contribution < -0.4 is 15.9 Å². The summed E-state index contributed by atoms with van der Waals surface area (Å²) in [5.74, 6) is -1.92. The summed E-state index contributed by atoms with van der Waals surface area (Å²) in [6.07, 6.45) is 0. The molecule has 1 aliphatic heterocycles. The van der Waals surface area contributed by atoms with Crippen LogP contribution in [0.1, 0.15) is 23.0 Å². The van der Waals surface area contributed by atoms with Crippen LogP contribution in [0, 0.1) is 0 Å². The molecule has 2 heterocycles. The molecule has 3 rings (SSSR count). The molecule has 8 heteroatoms. The standard InChI is InChI=1S/C17H14ClNO6/c1-23-17(22)13-12(8-3-2-4-9(18)5-8)15-14(25-16(13)19)11(21)6-10(7-20)24-15/h2-6,12,20H,7,19H2,1H3/t12-/m0/s1. The van der Waals surface area contributed by atoms with Crippen molar-refractivity contribution in [3.63, 3.8) is 0 Å². The molecular weight excluding hydrogens is 350 g/mol. The Bertz CT molecular complexity index is 933. The predicted octanol–water partition coefficient (Wildman–Crippen LogP) is 1.65. The number of hydrogen-bond donors (Lipinski definition) is 2. The summed E-state index contributed by atoms with van der Waals surface area (Å²) < 4.78 is 15.7. The second-order valence-electron chi connectivity index (χ2n) is 5.29. The summed E-state index contributed by atoms with van der Waals surface area (Å²) >= 11 is 6.05. The van der Waals surface area contributed by atoms with E-state index in [1.54, 1.807) is 24.3 Å². The molecule has 130 valence electrons. The number of carbonyl (C=O) groups is 1. The normalized spacial score (nSPS) is 16.2. The lowest BCUT2D eigenvalue weighted by molar-refractivity contribution is -0.136. The zero-order chi connectivity index (χ0) is 18.1. The van der Waals surface area contributed by atoms with E-state index in [0.29, 0.717) is 10.6 Å². The molecule has 1 aliphatic rings. The third-order valence-electron chi connectivity index (χ3n) is 3.75. The van der Waals surface area contributed by atoms with Gasteiger partial charge in [0.2, 0.25) is 17.1 Å². The first-order chi connectivity index (χ1) is 12.0. The van der Waals surface area contributed by atoms with Crippen LogP contribution in [0.5, 0.6) is 5.75 Å². The minimum Gasteiger partial charge on any atom is -0.465 e. The van der Waals surface area contributed by atoms with E-state index in [4.69, 9.17) is 31.2 Å². The van der Waals surface area contributed by atoms with Crippen LogP contribution in [-0.4, -0.2) is 18.2 Å². The Morgan fingerprint density at radius 3 is 2.80 bits per heavy atom. The van der Waals surface area contributed by atoms with Crippen LogP contribution in [0.15, 0.2) is 51.0 Å². The van der Waals surface area contributed by atoms with Crippen molar-refractivity contribution in [2.24, 2.45) is 5.73 Å². The average Bonchev–Trinajstić information content (AvgIpc) is 2.60. The van der Waals surface area contributed by atoms with Crippen LogP contribution in [0.2, 0.25) is 5.02 Å². The highest BCUT2D eigenvalue weighted by Crippen LogP contribution is 2.42. The second-order valence-corrected chi connectivity index (χ2v) is 5.72. The summed E-state index contributed by atoms with van der Waals surface area (Å²) in [5, 5.41) is 9.74. The van der Waals surface area contributed by atoms with Gasteiger partial charge in [-0.25, -0.2) is 4.79 Å². The van der Waals surface area contributed by atoms with Gasteiger partial charge in [0, 0.05) is 11.1 Å². The van der Waals surface area contributed by atoms with Gasteiger partial charge >= 0.3 is 5.97 Å². The van der Waals surface area contributed by atoms with Crippen molar-refractivity contribution in [2.45, 2.75) is 12.5 Å². The molecule has 1 atom stereocenters. The van der Waals surface area contributed by atoms with Gasteiger partial charge in [0.05, 0.1) is 13.0 Å². The van der Waals surface area contributed by atoms with Gasteiger partial charge in [0.25, 0.3) is 0 Å². The molecule has 2 aromatic rings. The first-order valence-corrected chi connectivity index (χ1v) is 7.63.